The highest BCUT2D eigenvalue weighted by Gasteiger charge is 2.10. The summed E-state index contributed by atoms with van der Waals surface area (Å²) in [5.74, 6) is -0.473. The molecule has 1 heterocycles. The third-order valence-electron chi connectivity index (χ3n) is 2.76. The van der Waals surface area contributed by atoms with Crippen LogP contribution in [0.1, 0.15) is 11.3 Å². The molecule has 116 valence electrons. The van der Waals surface area contributed by atoms with Gasteiger partial charge in [-0.25, -0.2) is 10.1 Å². The molecule has 0 aliphatic rings. The summed E-state index contributed by atoms with van der Waals surface area (Å²) < 4.78 is 20.0. The van der Waals surface area contributed by atoms with Gasteiger partial charge >= 0.3 is 0 Å². The smallest absolute Gasteiger partial charge is 0.277 e. The Kier molecular flexibility index (Phi) is 5.11. The van der Waals surface area contributed by atoms with Crippen LogP contribution in [0.2, 0.25) is 5.02 Å². The van der Waals surface area contributed by atoms with Gasteiger partial charge in [-0.2, -0.15) is 14.6 Å². The van der Waals surface area contributed by atoms with Crippen molar-refractivity contribution in [1.82, 2.24) is 15.2 Å². The number of carbonyl (C=O) groups is 1. The molecule has 0 radical (unpaired) electrons. The number of amides is 1. The molecule has 0 unspecified atom stereocenters. The zero-order valence-electron chi connectivity index (χ0n) is 12.0. The summed E-state index contributed by atoms with van der Waals surface area (Å²) in [7, 11) is 1.48. The zero-order valence-corrected chi connectivity index (χ0v) is 12.8. The van der Waals surface area contributed by atoms with E-state index in [0.29, 0.717) is 16.5 Å². The Bertz CT molecular complexity index is 698. The zero-order chi connectivity index (χ0) is 16.1. The summed E-state index contributed by atoms with van der Waals surface area (Å²) in [6, 6.07) is 6.60. The molecule has 0 saturated carbocycles. The molecule has 0 spiro atoms. The Labute approximate surface area is 131 Å². The van der Waals surface area contributed by atoms with E-state index in [4.69, 9.17) is 16.3 Å². The fourth-order valence-corrected chi connectivity index (χ4v) is 1.80. The van der Waals surface area contributed by atoms with E-state index in [1.165, 1.54) is 13.3 Å². The first-order chi connectivity index (χ1) is 10.5. The van der Waals surface area contributed by atoms with Crippen molar-refractivity contribution < 1.29 is 13.9 Å². The number of benzene rings is 1. The largest absolute Gasteiger partial charge is 0.484 e. The lowest BCUT2D eigenvalue weighted by Crippen LogP contribution is -2.24. The first-order valence-corrected chi connectivity index (χ1v) is 6.74. The monoisotopic (exact) mass is 324 g/mol. The maximum Gasteiger partial charge on any atom is 0.277 e. The highest BCUT2D eigenvalue weighted by Crippen LogP contribution is 2.15. The molecule has 0 atom stereocenters. The Balaban J connectivity index is 1.85. The number of nitrogens with one attached hydrogen (secondary N) is 1. The van der Waals surface area contributed by atoms with Crippen LogP contribution >= 0.6 is 11.6 Å². The summed E-state index contributed by atoms with van der Waals surface area (Å²) in [5, 5.41) is 8.16. The van der Waals surface area contributed by atoms with Crippen LogP contribution in [0.4, 0.5) is 4.39 Å². The molecule has 6 nitrogen and oxygen atoms in total. The summed E-state index contributed by atoms with van der Waals surface area (Å²) in [6.45, 7) is 1.43. The van der Waals surface area contributed by atoms with Crippen molar-refractivity contribution in [3.05, 3.63) is 46.5 Å². The van der Waals surface area contributed by atoms with Gasteiger partial charge in [-0.05, 0) is 31.2 Å². The van der Waals surface area contributed by atoms with E-state index in [2.05, 4.69) is 15.6 Å². The summed E-state index contributed by atoms with van der Waals surface area (Å²) in [6.07, 6.45) is 1.21. The van der Waals surface area contributed by atoms with Crippen LogP contribution < -0.4 is 10.2 Å². The average molecular weight is 325 g/mol. The second-order valence-electron chi connectivity index (χ2n) is 4.45. The van der Waals surface area contributed by atoms with Gasteiger partial charge in [-0.15, -0.1) is 0 Å². The van der Waals surface area contributed by atoms with Gasteiger partial charge in [0.2, 0.25) is 5.95 Å². The Morgan fingerprint density at radius 2 is 2.18 bits per heavy atom. The van der Waals surface area contributed by atoms with Gasteiger partial charge in [-0.1, -0.05) is 11.6 Å². The number of hydrogen-bond acceptors (Lipinski definition) is 4. The van der Waals surface area contributed by atoms with E-state index in [0.717, 1.165) is 4.68 Å². The second kappa shape index (κ2) is 7.04. The van der Waals surface area contributed by atoms with Gasteiger partial charge in [0.05, 0.1) is 17.5 Å². The van der Waals surface area contributed by atoms with Crippen molar-refractivity contribution in [3.8, 4) is 5.75 Å². The van der Waals surface area contributed by atoms with Crippen LogP contribution in [0.5, 0.6) is 5.75 Å². The fraction of sp³-hybridized carbons (Fsp3) is 0.214. The average Bonchev–Trinajstić information content (AvgIpc) is 2.73. The molecule has 22 heavy (non-hydrogen) atoms. The first kappa shape index (κ1) is 16.0. The van der Waals surface area contributed by atoms with E-state index in [-0.39, 0.29) is 12.2 Å². The molecule has 0 saturated heterocycles. The van der Waals surface area contributed by atoms with Gasteiger partial charge in [-0.3, -0.25) is 4.79 Å². The number of ether oxygens (including phenoxy) is 1. The SMILES string of the molecule is Cc1nn(C)c(F)c1/C=N/NC(=O)COc1ccc(Cl)cc1. The second-order valence-corrected chi connectivity index (χ2v) is 4.89. The minimum Gasteiger partial charge on any atom is -0.484 e. The van der Waals surface area contributed by atoms with Crippen molar-refractivity contribution >= 4 is 23.7 Å². The van der Waals surface area contributed by atoms with Gasteiger partial charge in [0.15, 0.2) is 6.61 Å². The standard InChI is InChI=1S/C14H14ClFN4O2/c1-9-12(14(16)20(2)19-9)7-17-18-13(21)8-22-11-5-3-10(15)4-6-11/h3-7H,8H2,1-2H3,(H,18,21)/b17-7+. The van der Waals surface area contributed by atoms with Crippen LogP contribution in [-0.2, 0) is 11.8 Å². The van der Waals surface area contributed by atoms with Crippen molar-refractivity contribution in [1.29, 1.82) is 0 Å². The lowest BCUT2D eigenvalue weighted by molar-refractivity contribution is -0.123. The Hall–Kier alpha value is -2.41. The number of hydrazone groups is 1. The fourth-order valence-electron chi connectivity index (χ4n) is 1.67. The van der Waals surface area contributed by atoms with Gasteiger partial charge in [0.1, 0.15) is 5.75 Å². The van der Waals surface area contributed by atoms with Crippen molar-refractivity contribution in [2.75, 3.05) is 6.61 Å². The molecule has 0 aliphatic heterocycles. The predicted octanol–water partition coefficient (Wildman–Crippen LogP) is 2.05. The Morgan fingerprint density at radius 3 is 2.77 bits per heavy atom. The molecule has 1 aromatic carbocycles. The normalized spacial score (nSPS) is 10.9. The number of carbonyl (C=O) groups excluding carboxylic acids is 1. The molecule has 0 fully saturated rings. The minimum atomic E-state index is -0.520. The van der Waals surface area contributed by atoms with Gasteiger partial charge < -0.3 is 4.74 Å². The van der Waals surface area contributed by atoms with Crippen LogP contribution in [0.15, 0.2) is 29.4 Å². The third kappa shape index (κ3) is 4.05. The minimum absolute atomic E-state index is 0.215. The molecule has 0 aliphatic carbocycles. The topological polar surface area (TPSA) is 68.5 Å². The van der Waals surface area contributed by atoms with Crippen LogP contribution in [0.25, 0.3) is 0 Å². The number of aryl methyl sites for hydroxylation is 2. The van der Waals surface area contributed by atoms with Crippen LogP contribution in [0, 0.1) is 12.9 Å². The highest BCUT2D eigenvalue weighted by atomic mass is 35.5. The predicted molar refractivity (Wildman–Crippen MR) is 80.6 cm³/mol. The molecule has 2 rings (SSSR count). The Morgan fingerprint density at radius 1 is 1.50 bits per heavy atom. The van der Waals surface area contributed by atoms with Crippen molar-refractivity contribution in [3.63, 3.8) is 0 Å². The van der Waals surface area contributed by atoms with Crippen LogP contribution in [-0.4, -0.2) is 28.5 Å². The molecule has 1 amide bonds. The van der Waals surface area contributed by atoms with Gasteiger partial charge in [0.25, 0.3) is 5.91 Å². The number of halogens is 2. The molecule has 1 aromatic heterocycles. The highest BCUT2D eigenvalue weighted by molar-refractivity contribution is 6.30. The first-order valence-electron chi connectivity index (χ1n) is 6.36. The lowest BCUT2D eigenvalue weighted by Gasteiger charge is -2.04. The van der Waals surface area contributed by atoms with Gasteiger partial charge in [0, 0.05) is 12.1 Å². The molecule has 8 heteroatoms. The quantitative estimate of drug-likeness (QED) is 0.676. The number of rotatable bonds is 5. The van der Waals surface area contributed by atoms with E-state index < -0.39 is 11.9 Å². The molecule has 0 bridgehead atoms. The van der Waals surface area contributed by atoms with Crippen molar-refractivity contribution in [2.24, 2.45) is 12.1 Å². The molecule has 1 N–H and O–H groups in total. The molecular weight excluding hydrogens is 311 g/mol. The van der Waals surface area contributed by atoms with E-state index >= 15 is 0 Å². The number of aromatic nitrogens is 2. The maximum absolute atomic E-state index is 13.6. The third-order valence-corrected chi connectivity index (χ3v) is 3.01. The van der Waals surface area contributed by atoms with Crippen molar-refractivity contribution in [2.45, 2.75) is 6.92 Å². The maximum atomic E-state index is 13.6. The van der Waals surface area contributed by atoms with E-state index in [1.54, 1.807) is 31.2 Å². The van der Waals surface area contributed by atoms with E-state index in [9.17, 15) is 9.18 Å². The van der Waals surface area contributed by atoms with Crippen LogP contribution in [0.3, 0.4) is 0 Å². The summed E-state index contributed by atoms with van der Waals surface area (Å²) in [4.78, 5) is 11.6. The summed E-state index contributed by atoms with van der Waals surface area (Å²) >= 11 is 5.74. The molecular formula is C14H14ClFN4O2. The summed E-state index contributed by atoms with van der Waals surface area (Å²) in [5.41, 5.74) is 2.96. The number of nitrogens with zero attached hydrogens (tertiary/aromatic N) is 3. The molecule has 2 aromatic rings. The lowest BCUT2D eigenvalue weighted by atomic mass is 10.3. The van der Waals surface area contributed by atoms with E-state index in [1.807, 2.05) is 0 Å². The number of hydrogen-bond donors (Lipinski definition) is 1.